The van der Waals surface area contributed by atoms with Crippen molar-refractivity contribution >= 4 is 21.8 Å². The van der Waals surface area contributed by atoms with Gasteiger partial charge >= 0.3 is 0 Å². The molecule has 88 valence electrons. The van der Waals surface area contributed by atoms with Crippen molar-refractivity contribution in [1.82, 2.24) is 9.99 Å². The summed E-state index contributed by atoms with van der Waals surface area (Å²) in [6, 6.07) is 3.22. The molecule has 3 N–H and O–H groups in total. The Kier molecular flexibility index (Phi) is 5.21. The van der Waals surface area contributed by atoms with E-state index in [0.717, 1.165) is 10.9 Å². The van der Waals surface area contributed by atoms with Gasteiger partial charge in [0.05, 0.1) is 0 Å². The number of hydrogen-bond acceptors (Lipinski definition) is 3. The van der Waals surface area contributed by atoms with Crippen molar-refractivity contribution in [2.24, 2.45) is 5.84 Å². The summed E-state index contributed by atoms with van der Waals surface area (Å²) in [4.78, 5) is 22.2. The first-order chi connectivity index (χ1) is 7.63. The first-order valence-electron chi connectivity index (χ1n) is 4.99. The third kappa shape index (κ3) is 4.16. The number of aryl methyl sites for hydroxylation is 1. The molecule has 1 heterocycles. The van der Waals surface area contributed by atoms with E-state index in [1.54, 1.807) is 16.8 Å². The Morgan fingerprint density at radius 3 is 2.88 bits per heavy atom. The van der Waals surface area contributed by atoms with Crippen molar-refractivity contribution in [2.75, 3.05) is 0 Å². The number of nitrogens with two attached hydrogens (primary N) is 1. The molecule has 1 amide bonds. The van der Waals surface area contributed by atoms with E-state index in [9.17, 15) is 9.59 Å². The van der Waals surface area contributed by atoms with Crippen LogP contribution in [0.5, 0.6) is 0 Å². The maximum Gasteiger partial charge on any atom is 0.250 e. The second-order valence-corrected chi connectivity index (χ2v) is 4.32. The number of aromatic nitrogens is 1. The van der Waals surface area contributed by atoms with E-state index in [-0.39, 0.29) is 11.5 Å². The van der Waals surface area contributed by atoms with Gasteiger partial charge < -0.3 is 4.57 Å². The molecule has 0 aromatic carbocycles. The second kappa shape index (κ2) is 6.44. The molecular weight excluding hydrogens is 274 g/mol. The number of rotatable bonds is 5. The van der Waals surface area contributed by atoms with Crippen LogP contribution < -0.4 is 16.8 Å². The Bertz CT molecular complexity index is 417. The molecule has 1 aromatic rings. The van der Waals surface area contributed by atoms with Crippen LogP contribution in [-0.2, 0) is 11.3 Å². The van der Waals surface area contributed by atoms with Crippen LogP contribution in [-0.4, -0.2) is 10.5 Å². The zero-order valence-electron chi connectivity index (χ0n) is 8.78. The van der Waals surface area contributed by atoms with E-state index in [0.29, 0.717) is 19.4 Å². The van der Waals surface area contributed by atoms with Crippen LogP contribution in [0.4, 0.5) is 0 Å². The normalized spacial score (nSPS) is 10.1. The zero-order chi connectivity index (χ0) is 12.0. The van der Waals surface area contributed by atoms with Crippen LogP contribution in [0, 0.1) is 0 Å². The molecule has 1 aromatic heterocycles. The first-order valence-corrected chi connectivity index (χ1v) is 5.78. The lowest BCUT2D eigenvalue weighted by molar-refractivity contribution is -0.121. The largest absolute Gasteiger partial charge is 0.314 e. The number of unbranched alkanes of at least 4 members (excludes halogenated alkanes) is 1. The lowest BCUT2D eigenvalue weighted by Gasteiger charge is -2.05. The van der Waals surface area contributed by atoms with Crippen LogP contribution in [0.2, 0.25) is 0 Å². The van der Waals surface area contributed by atoms with Gasteiger partial charge in [-0.15, -0.1) is 0 Å². The molecule has 0 saturated heterocycles. The van der Waals surface area contributed by atoms with E-state index in [2.05, 4.69) is 21.4 Å². The topological polar surface area (TPSA) is 77.1 Å². The van der Waals surface area contributed by atoms with Crippen LogP contribution in [0.1, 0.15) is 19.3 Å². The number of hydrogen-bond donors (Lipinski definition) is 2. The molecule has 0 atom stereocenters. The molecule has 0 aliphatic carbocycles. The number of pyridine rings is 1. The average molecular weight is 288 g/mol. The highest BCUT2D eigenvalue weighted by atomic mass is 79.9. The van der Waals surface area contributed by atoms with Crippen molar-refractivity contribution in [2.45, 2.75) is 25.8 Å². The molecule has 0 radical (unpaired) electrons. The standard InChI is InChI=1S/C10H14BrN3O2/c11-8-4-5-10(16)14(7-8)6-2-1-3-9(15)13-12/h4-5,7H,1-3,6,12H2,(H,13,15). The molecule has 0 saturated carbocycles. The van der Waals surface area contributed by atoms with Gasteiger partial charge in [0.1, 0.15) is 0 Å². The SMILES string of the molecule is NNC(=O)CCCCn1cc(Br)ccc1=O. The smallest absolute Gasteiger partial charge is 0.250 e. The van der Waals surface area contributed by atoms with Gasteiger partial charge in [0, 0.05) is 29.7 Å². The fraction of sp³-hybridized carbons (Fsp3) is 0.400. The van der Waals surface area contributed by atoms with Crippen LogP contribution >= 0.6 is 15.9 Å². The van der Waals surface area contributed by atoms with Crippen molar-refractivity contribution in [3.8, 4) is 0 Å². The summed E-state index contributed by atoms with van der Waals surface area (Å²) in [7, 11) is 0. The van der Waals surface area contributed by atoms with Crippen LogP contribution in [0.25, 0.3) is 0 Å². The molecule has 0 unspecified atom stereocenters. The molecule has 5 nitrogen and oxygen atoms in total. The predicted molar refractivity (Wildman–Crippen MR) is 64.6 cm³/mol. The number of nitrogens with one attached hydrogen (secondary N) is 1. The Hall–Kier alpha value is -1.14. The summed E-state index contributed by atoms with van der Waals surface area (Å²) in [5.74, 6) is 4.77. The minimum absolute atomic E-state index is 0.0357. The van der Waals surface area contributed by atoms with Gasteiger partial charge in [0.15, 0.2) is 0 Å². The number of nitrogens with zero attached hydrogens (tertiary/aromatic N) is 1. The number of amides is 1. The van der Waals surface area contributed by atoms with Gasteiger partial charge in [-0.25, -0.2) is 5.84 Å². The lowest BCUT2D eigenvalue weighted by atomic mass is 10.2. The summed E-state index contributed by atoms with van der Waals surface area (Å²) in [6.07, 6.45) is 3.61. The summed E-state index contributed by atoms with van der Waals surface area (Å²) >= 11 is 3.30. The highest BCUT2D eigenvalue weighted by molar-refractivity contribution is 9.10. The predicted octanol–water partition coefficient (Wildman–Crippen LogP) is 0.771. The number of carbonyl (C=O) groups excluding carboxylic acids is 1. The van der Waals surface area contributed by atoms with Crippen LogP contribution in [0.15, 0.2) is 27.6 Å². The Morgan fingerprint density at radius 1 is 1.44 bits per heavy atom. The van der Waals surface area contributed by atoms with Crippen molar-refractivity contribution in [3.05, 3.63) is 33.2 Å². The van der Waals surface area contributed by atoms with Gasteiger partial charge in [-0.3, -0.25) is 15.0 Å². The first kappa shape index (κ1) is 12.9. The summed E-state index contributed by atoms with van der Waals surface area (Å²) in [6.45, 7) is 0.607. The third-order valence-corrected chi connectivity index (χ3v) is 2.63. The lowest BCUT2D eigenvalue weighted by Crippen LogP contribution is -2.29. The fourth-order valence-electron chi connectivity index (χ4n) is 1.32. The minimum atomic E-state index is -0.179. The minimum Gasteiger partial charge on any atom is -0.314 e. The van der Waals surface area contributed by atoms with Crippen LogP contribution in [0.3, 0.4) is 0 Å². The maximum absolute atomic E-state index is 11.4. The Morgan fingerprint density at radius 2 is 2.19 bits per heavy atom. The summed E-state index contributed by atoms with van der Waals surface area (Å²) in [5, 5.41) is 0. The molecule has 1 rings (SSSR count). The van der Waals surface area contributed by atoms with E-state index < -0.39 is 0 Å². The average Bonchev–Trinajstić information content (AvgIpc) is 2.28. The van der Waals surface area contributed by atoms with E-state index in [4.69, 9.17) is 5.84 Å². The van der Waals surface area contributed by atoms with Gasteiger partial charge in [-0.05, 0) is 34.8 Å². The van der Waals surface area contributed by atoms with Crippen molar-refractivity contribution in [3.63, 3.8) is 0 Å². The molecule has 0 bridgehead atoms. The molecule has 0 aliphatic heterocycles. The van der Waals surface area contributed by atoms with E-state index in [1.165, 1.54) is 6.07 Å². The molecule has 0 spiro atoms. The van der Waals surface area contributed by atoms with Crippen molar-refractivity contribution < 1.29 is 4.79 Å². The zero-order valence-corrected chi connectivity index (χ0v) is 10.4. The number of carbonyl (C=O) groups is 1. The van der Waals surface area contributed by atoms with Gasteiger partial charge in [0.2, 0.25) is 5.91 Å². The Labute approximate surface area is 102 Å². The second-order valence-electron chi connectivity index (χ2n) is 3.40. The van der Waals surface area contributed by atoms with E-state index >= 15 is 0 Å². The maximum atomic E-state index is 11.4. The highest BCUT2D eigenvalue weighted by Crippen LogP contribution is 2.06. The fourth-order valence-corrected chi connectivity index (χ4v) is 1.70. The molecule has 0 aliphatic rings. The quantitative estimate of drug-likeness (QED) is 0.363. The van der Waals surface area contributed by atoms with E-state index in [1.807, 2.05) is 0 Å². The number of halogens is 1. The third-order valence-electron chi connectivity index (χ3n) is 2.16. The molecule has 0 fully saturated rings. The van der Waals surface area contributed by atoms with Gasteiger partial charge in [0.25, 0.3) is 5.56 Å². The monoisotopic (exact) mass is 287 g/mol. The Balaban J connectivity index is 2.40. The summed E-state index contributed by atoms with van der Waals surface area (Å²) in [5.41, 5.74) is 2.03. The number of hydrazine groups is 1. The molecular formula is C10H14BrN3O2. The summed E-state index contributed by atoms with van der Waals surface area (Å²) < 4.78 is 2.48. The molecule has 6 heteroatoms. The van der Waals surface area contributed by atoms with Crippen molar-refractivity contribution in [1.29, 1.82) is 0 Å². The highest BCUT2D eigenvalue weighted by Gasteiger charge is 2.00. The van der Waals surface area contributed by atoms with Gasteiger partial charge in [-0.1, -0.05) is 0 Å². The van der Waals surface area contributed by atoms with Gasteiger partial charge in [-0.2, -0.15) is 0 Å². The molecule has 16 heavy (non-hydrogen) atoms.